The smallest absolute Gasteiger partial charge is 0.0760 e. The number of nitrogens with one attached hydrogen (secondary N) is 2. The highest BCUT2D eigenvalue weighted by Gasteiger charge is 2.37. The molecule has 2 aliphatic heterocycles. The minimum Gasteiger partial charge on any atom is -0.357 e. The molecule has 2 aromatic carbocycles. The van der Waals surface area contributed by atoms with Crippen LogP contribution in [0.3, 0.4) is 0 Å². The van der Waals surface area contributed by atoms with Gasteiger partial charge >= 0.3 is 0 Å². The van der Waals surface area contributed by atoms with E-state index in [1.807, 2.05) is 0 Å². The number of nitrogens with zero attached hydrogens (tertiary/aromatic N) is 3. The number of para-hydroxylation sites is 1. The lowest BCUT2D eigenvalue weighted by Crippen LogP contribution is -2.56. The van der Waals surface area contributed by atoms with Gasteiger partial charge in [0.1, 0.15) is 0 Å². The number of hydrogen-bond acceptors (Lipinski definition) is 3. The standard InChI is InChI=1S/C31H41N5/c1-20-13-26-25-9-7-8-10-28(25)33-29(26)30(36(20)19-31(2,3)4)21-11-12-27-22(14-21)15-23(32-27)16-35-17-24(18-35)34(5)6/h7-12,14-15,20,24,30,32-33H,13,16-19H2,1-6H3/t20-,30?/m1/s1. The maximum absolute atomic E-state index is 3.85. The summed E-state index contributed by atoms with van der Waals surface area (Å²) >= 11 is 0. The van der Waals surface area contributed by atoms with Crippen molar-refractivity contribution in [2.24, 2.45) is 5.41 Å². The molecule has 2 aromatic heterocycles. The summed E-state index contributed by atoms with van der Waals surface area (Å²) in [5, 5.41) is 2.70. The highest BCUT2D eigenvalue weighted by atomic mass is 15.3. The maximum Gasteiger partial charge on any atom is 0.0760 e. The van der Waals surface area contributed by atoms with Crippen LogP contribution >= 0.6 is 0 Å². The van der Waals surface area contributed by atoms with Crippen LogP contribution in [0.5, 0.6) is 0 Å². The van der Waals surface area contributed by atoms with E-state index < -0.39 is 0 Å². The van der Waals surface area contributed by atoms with Gasteiger partial charge in [-0.15, -0.1) is 0 Å². The zero-order valence-electron chi connectivity index (χ0n) is 22.7. The van der Waals surface area contributed by atoms with Gasteiger partial charge in [-0.1, -0.05) is 45.0 Å². The van der Waals surface area contributed by atoms with Gasteiger partial charge in [0, 0.05) is 71.5 Å². The number of likely N-dealkylation sites (tertiary alicyclic amines) is 1. The summed E-state index contributed by atoms with van der Waals surface area (Å²) in [4.78, 5) is 15.1. The molecule has 0 spiro atoms. The van der Waals surface area contributed by atoms with E-state index in [-0.39, 0.29) is 11.5 Å². The molecule has 0 saturated carbocycles. The molecule has 1 unspecified atom stereocenters. The number of rotatable bonds is 5. The van der Waals surface area contributed by atoms with Crippen molar-refractivity contribution in [2.45, 2.75) is 58.8 Å². The van der Waals surface area contributed by atoms with Gasteiger partial charge in [-0.3, -0.25) is 9.80 Å². The third kappa shape index (κ3) is 4.27. The molecule has 2 aliphatic rings. The van der Waals surface area contributed by atoms with Gasteiger partial charge in [-0.05, 0) is 68.2 Å². The molecule has 0 aliphatic carbocycles. The van der Waals surface area contributed by atoms with Crippen LogP contribution in [0.25, 0.3) is 21.8 Å². The molecule has 6 rings (SSSR count). The van der Waals surface area contributed by atoms with Crippen molar-refractivity contribution in [3.63, 3.8) is 0 Å². The van der Waals surface area contributed by atoms with Crippen molar-refractivity contribution in [1.29, 1.82) is 0 Å². The second-order valence-corrected chi connectivity index (χ2v) is 12.7. The average Bonchev–Trinajstić information content (AvgIpc) is 3.35. The van der Waals surface area contributed by atoms with Gasteiger partial charge < -0.3 is 14.9 Å². The summed E-state index contributed by atoms with van der Waals surface area (Å²) in [6.07, 6.45) is 1.09. The van der Waals surface area contributed by atoms with Gasteiger partial charge in [-0.2, -0.15) is 0 Å². The Hall–Kier alpha value is -2.60. The predicted octanol–water partition coefficient (Wildman–Crippen LogP) is 5.78. The van der Waals surface area contributed by atoms with Crippen molar-refractivity contribution in [3.05, 3.63) is 71.0 Å². The Kier molecular flexibility index (Phi) is 5.78. The van der Waals surface area contributed by atoms with E-state index in [2.05, 4.69) is 115 Å². The van der Waals surface area contributed by atoms with E-state index in [1.165, 1.54) is 44.3 Å². The van der Waals surface area contributed by atoms with Gasteiger partial charge in [-0.25, -0.2) is 0 Å². The first kappa shape index (κ1) is 23.8. The van der Waals surface area contributed by atoms with Crippen molar-refractivity contribution in [3.8, 4) is 0 Å². The molecular weight excluding hydrogens is 442 g/mol. The molecule has 4 aromatic rings. The summed E-state index contributed by atoms with van der Waals surface area (Å²) in [5.74, 6) is 0. The second kappa shape index (κ2) is 8.76. The topological polar surface area (TPSA) is 41.3 Å². The van der Waals surface area contributed by atoms with Crippen LogP contribution in [0.1, 0.15) is 56.3 Å². The number of aromatic amines is 2. The molecule has 5 nitrogen and oxygen atoms in total. The van der Waals surface area contributed by atoms with Gasteiger partial charge in [0.15, 0.2) is 0 Å². The second-order valence-electron chi connectivity index (χ2n) is 12.7. The molecule has 1 fully saturated rings. The Labute approximate surface area is 215 Å². The van der Waals surface area contributed by atoms with E-state index in [0.29, 0.717) is 12.1 Å². The van der Waals surface area contributed by atoms with E-state index in [1.54, 1.807) is 0 Å². The third-order valence-electron chi connectivity index (χ3n) is 8.25. The quantitative estimate of drug-likeness (QED) is 0.378. The number of likely N-dealkylation sites (N-methyl/N-ethyl adjacent to an activating group) is 1. The lowest BCUT2D eigenvalue weighted by molar-refractivity contribution is 0.0565. The lowest BCUT2D eigenvalue weighted by atomic mass is 9.85. The Balaban J connectivity index is 1.37. The summed E-state index contributed by atoms with van der Waals surface area (Å²) in [6.45, 7) is 13.8. The fraction of sp³-hybridized carbons (Fsp3) is 0.484. The minimum absolute atomic E-state index is 0.225. The van der Waals surface area contributed by atoms with E-state index in [0.717, 1.165) is 32.6 Å². The molecule has 190 valence electrons. The molecule has 36 heavy (non-hydrogen) atoms. The molecule has 1 saturated heterocycles. The average molecular weight is 484 g/mol. The number of benzene rings is 2. The molecule has 5 heteroatoms. The zero-order valence-corrected chi connectivity index (χ0v) is 22.7. The maximum atomic E-state index is 3.85. The first-order valence-electron chi connectivity index (χ1n) is 13.5. The SMILES string of the molecule is C[C@@H]1Cc2c([nH]c3ccccc23)C(c2ccc3[nH]c(CN4CC(N(C)C)C4)cc3c2)N1CC(C)(C)C. The molecule has 0 amide bonds. The summed E-state index contributed by atoms with van der Waals surface area (Å²) in [7, 11) is 4.36. The lowest BCUT2D eigenvalue weighted by Gasteiger charge is -2.44. The number of fused-ring (bicyclic) bond motifs is 4. The van der Waals surface area contributed by atoms with Gasteiger partial charge in [0.05, 0.1) is 6.04 Å². The number of hydrogen-bond donors (Lipinski definition) is 2. The zero-order chi connectivity index (χ0) is 25.2. The van der Waals surface area contributed by atoms with Gasteiger partial charge in [0.2, 0.25) is 0 Å². The fourth-order valence-corrected chi connectivity index (χ4v) is 6.37. The summed E-state index contributed by atoms with van der Waals surface area (Å²) < 4.78 is 0. The number of H-pyrrole nitrogens is 2. The Morgan fingerprint density at radius 3 is 2.50 bits per heavy atom. The van der Waals surface area contributed by atoms with Crippen LogP contribution < -0.4 is 0 Å². The van der Waals surface area contributed by atoms with Crippen molar-refractivity contribution < 1.29 is 0 Å². The normalized spacial score (nSPS) is 22.0. The van der Waals surface area contributed by atoms with Crippen molar-refractivity contribution in [2.75, 3.05) is 33.7 Å². The fourth-order valence-electron chi connectivity index (χ4n) is 6.37. The largest absolute Gasteiger partial charge is 0.357 e. The highest BCUT2D eigenvalue weighted by molar-refractivity contribution is 5.86. The van der Waals surface area contributed by atoms with E-state index in [4.69, 9.17) is 0 Å². The first-order chi connectivity index (χ1) is 17.2. The molecule has 4 heterocycles. The van der Waals surface area contributed by atoms with Crippen LogP contribution in [0.15, 0.2) is 48.5 Å². The van der Waals surface area contributed by atoms with Crippen LogP contribution in [0, 0.1) is 5.41 Å². The molecule has 2 atom stereocenters. The minimum atomic E-state index is 0.225. The highest BCUT2D eigenvalue weighted by Crippen LogP contribution is 2.42. The molecule has 2 N–H and O–H groups in total. The van der Waals surface area contributed by atoms with Gasteiger partial charge in [0.25, 0.3) is 0 Å². The van der Waals surface area contributed by atoms with Crippen LogP contribution in [0.4, 0.5) is 0 Å². The third-order valence-corrected chi connectivity index (χ3v) is 8.25. The summed E-state index contributed by atoms with van der Waals surface area (Å²) in [6, 6.07) is 19.7. The monoisotopic (exact) mass is 483 g/mol. The number of aromatic nitrogens is 2. The Morgan fingerprint density at radius 2 is 1.75 bits per heavy atom. The van der Waals surface area contributed by atoms with E-state index >= 15 is 0 Å². The predicted molar refractivity (Wildman–Crippen MR) is 151 cm³/mol. The van der Waals surface area contributed by atoms with Crippen molar-refractivity contribution >= 4 is 21.8 Å². The molecular formula is C31H41N5. The van der Waals surface area contributed by atoms with Crippen LogP contribution in [0.2, 0.25) is 0 Å². The first-order valence-corrected chi connectivity index (χ1v) is 13.5. The van der Waals surface area contributed by atoms with Crippen LogP contribution in [-0.2, 0) is 13.0 Å². The Bertz CT molecular complexity index is 1380. The molecule has 0 bridgehead atoms. The van der Waals surface area contributed by atoms with E-state index in [9.17, 15) is 0 Å². The van der Waals surface area contributed by atoms with Crippen LogP contribution in [-0.4, -0.2) is 70.5 Å². The summed E-state index contributed by atoms with van der Waals surface area (Å²) in [5.41, 5.74) is 8.29. The van der Waals surface area contributed by atoms with Crippen molar-refractivity contribution in [1.82, 2.24) is 24.7 Å². The molecule has 0 radical (unpaired) electrons. The Morgan fingerprint density at radius 1 is 0.972 bits per heavy atom.